The van der Waals surface area contributed by atoms with Gasteiger partial charge in [0, 0.05) is 18.1 Å². The molecule has 0 amide bonds. The number of phenols is 1. The van der Waals surface area contributed by atoms with Gasteiger partial charge in [0.2, 0.25) is 0 Å². The summed E-state index contributed by atoms with van der Waals surface area (Å²) in [4.78, 5) is 4.35. The normalized spacial score (nSPS) is 22.6. The van der Waals surface area contributed by atoms with E-state index in [1.54, 1.807) is 18.3 Å². The number of hydrogen-bond donors (Lipinski definition) is 2. The van der Waals surface area contributed by atoms with Crippen LogP contribution in [0.1, 0.15) is 13.3 Å². The second kappa shape index (κ2) is 3.91. The number of phenolic OH excluding ortho intramolecular Hbond substituents is 1. The summed E-state index contributed by atoms with van der Waals surface area (Å²) in [5.41, 5.74) is 0. The third kappa shape index (κ3) is 2.05. The van der Waals surface area contributed by atoms with Crippen LogP contribution in [-0.2, 0) is 0 Å². The van der Waals surface area contributed by atoms with E-state index >= 15 is 0 Å². The first kappa shape index (κ1) is 10.4. The summed E-state index contributed by atoms with van der Waals surface area (Å²) in [6.07, 6.45) is 3.11. The first-order valence-electron chi connectivity index (χ1n) is 6.05. The van der Waals surface area contributed by atoms with Gasteiger partial charge < -0.3 is 10.4 Å². The molecule has 1 fully saturated rings. The van der Waals surface area contributed by atoms with Crippen molar-refractivity contribution in [3.63, 3.8) is 0 Å². The number of hydrogen-bond acceptors (Lipinski definition) is 3. The SMILES string of the molecule is CC1CC1CNc1nccc2ccc(O)cc12. The summed E-state index contributed by atoms with van der Waals surface area (Å²) in [5.74, 6) is 2.78. The Hall–Kier alpha value is -1.77. The fourth-order valence-electron chi connectivity index (χ4n) is 2.21. The molecule has 0 spiro atoms. The number of nitrogens with zero attached hydrogens (tertiary/aromatic N) is 1. The molecule has 0 bridgehead atoms. The summed E-state index contributed by atoms with van der Waals surface area (Å²) in [7, 11) is 0. The van der Waals surface area contributed by atoms with E-state index in [9.17, 15) is 5.11 Å². The number of anilines is 1. The topological polar surface area (TPSA) is 45.2 Å². The van der Waals surface area contributed by atoms with E-state index in [0.29, 0.717) is 0 Å². The van der Waals surface area contributed by atoms with Gasteiger partial charge in [-0.15, -0.1) is 0 Å². The van der Waals surface area contributed by atoms with Gasteiger partial charge in [-0.05, 0) is 41.8 Å². The van der Waals surface area contributed by atoms with Gasteiger partial charge in [0.25, 0.3) is 0 Å². The number of rotatable bonds is 3. The van der Waals surface area contributed by atoms with Crippen molar-refractivity contribution in [1.82, 2.24) is 4.98 Å². The van der Waals surface area contributed by atoms with E-state index in [4.69, 9.17) is 0 Å². The highest BCUT2D eigenvalue weighted by Gasteiger charge is 2.32. The Morgan fingerprint density at radius 1 is 1.41 bits per heavy atom. The molecule has 1 aliphatic rings. The van der Waals surface area contributed by atoms with Crippen LogP contribution in [0.15, 0.2) is 30.5 Å². The molecule has 1 aromatic carbocycles. The average Bonchev–Trinajstić information content (AvgIpc) is 3.03. The van der Waals surface area contributed by atoms with E-state index in [2.05, 4.69) is 17.2 Å². The van der Waals surface area contributed by atoms with Crippen molar-refractivity contribution in [2.75, 3.05) is 11.9 Å². The average molecular weight is 228 g/mol. The maximum absolute atomic E-state index is 9.53. The van der Waals surface area contributed by atoms with Gasteiger partial charge in [-0.2, -0.15) is 0 Å². The van der Waals surface area contributed by atoms with Crippen LogP contribution in [-0.4, -0.2) is 16.6 Å². The zero-order valence-corrected chi connectivity index (χ0v) is 9.85. The molecule has 3 rings (SSSR count). The predicted molar refractivity (Wildman–Crippen MR) is 69.2 cm³/mol. The van der Waals surface area contributed by atoms with Gasteiger partial charge in [0.05, 0.1) is 0 Å². The second-order valence-electron chi connectivity index (χ2n) is 4.92. The highest BCUT2D eigenvalue weighted by atomic mass is 16.3. The van der Waals surface area contributed by atoms with Crippen molar-refractivity contribution in [2.45, 2.75) is 13.3 Å². The molecule has 2 atom stereocenters. The van der Waals surface area contributed by atoms with Crippen LogP contribution in [0.25, 0.3) is 10.8 Å². The smallest absolute Gasteiger partial charge is 0.133 e. The maximum atomic E-state index is 9.53. The lowest BCUT2D eigenvalue weighted by Crippen LogP contribution is -2.06. The molecular formula is C14H16N2O. The molecule has 88 valence electrons. The molecule has 3 nitrogen and oxygen atoms in total. The Bertz CT molecular complexity index is 553. The molecule has 1 aromatic heterocycles. The molecule has 0 aliphatic heterocycles. The van der Waals surface area contributed by atoms with Gasteiger partial charge in [-0.1, -0.05) is 13.0 Å². The number of aromatic hydroxyl groups is 1. The highest BCUT2D eigenvalue weighted by molar-refractivity contribution is 5.92. The van der Waals surface area contributed by atoms with Gasteiger partial charge in [-0.3, -0.25) is 0 Å². The predicted octanol–water partition coefficient (Wildman–Crippen LogP) is 3.01. The van der Waals surface area contributed by atoms with Crippen molar-refractivity contribution < 1.29 is 5.11 Å². The number of nitrogens with one attached hydrogen (secondary N) is 1. The minimum Gasteiger partial charge on any atom is -0.508 e. The molecule has 17 heavy (non-hydrogen) atoms. The Balaban J connectivity index is 1.89. The van der Waals surface area contributed by atoms with Crippen LogP contribution in [0.3, 0.4) is 0 Å². The molecule has 1 saturated carbocycles. The number of pyridine rings is 1. The number of fused-ring (bicyclic) bond motifs is 1. The van der Waals surface area contributed by atoms with Gasteiger partial charge in [0.15, 0.2) is 0 Å². The highest BCUT2D eigenvalue weighted by Crippen LogP contribution is 2.37. The standard InChI is InChI=1S/C14H16N2O/c1-9-6-11(9)8-16-14-13-7-12(17)3-2-10(13)4-5-15-14/h2-5,7,9,11,17H,6,8H2,1H3,(H,15,16). The van der Waals surface area contributed by atoms with Crippen LogP contribution < -0.4 is 5.32 Å². The van der Waals surface area contributed by atoms with Gasteiger partial charge >= 0.3 is 0 Å². The first-order valence-corrected chi connectivity index (χ1v) is 6.05. The van der Waals surface area contributed by atoms with Crippen LogP contribution in [0.5, 0.6) is 5.75 Å². The molecular weight excluding hydrogens is 212 g/mol. The van der Waals surface area contributed by atoms with Crippen molar-refractivity contribution in [1.29, 1.82) is 0 Å². The summed E-state index contributed by atoms with van der Waals surface area (Å²) in [6, 6.07) is 7.34. The van der Waals surface area contributed by atoms with Crippen molar-refractivity contribution >= 4 is 16.6 Å². The Kier molecular flexibility index (Phi) is 2.39. The molecule has 2 N–H and O–H groups in total. The molecule has 0 saturated heterocycles. The van der Waals surface area contributed by atoms with E-state index in [-0.39, 0.29) is 5.75 Å². The second-order valence-corrected chi connectivity index (χ2v) is 4.92. The maximum Gasteiger partial charge on any atom is 0.133 e. The third-order valence-corrected chi connectivity index (χ3v) is 3.56. The first-order chi connectivity index (χ1) is 8.24. The number of benzene rings is 1. The van der Waals surface area contributed by atoms with Crippen molar-refractivity contribution in [2.24, 2.45) is 11.8 Å². The Morgan fingerprint density at radius 3 is 3.00 bits per heavy atom. The quantitative estimate of drug-likeness (QED) is 0.848. The van der Waals surface area contributed by atoms with E-state index in [1.807, 2.05) is 12.1 Å². The molecule has 0 radical (unpaired) electrons. The zero-order chi connectivity index (χ0) is 11.8. The van der Waals surface area contributed by atoms with Crippen LogP contribution in [0, 0.1) is 11.8 Å². The van der Waals surface area contributed by atoms with Crippen molar-refractivity contribution in [3.05, 3.63) is 30.5 Å². The molecule has 1 aliphatic carbocycles. The Labute approximate surface area is 100 Å². The third-order valence-electron chi connectivity index (χ3n) is 3.56. The van der Waals surface area contributed by atoms with E-state index in [0.717, 1.165) is 35.0 Å². The van der Waals surface area contributed by atoms with E-state index in [1.165, 1.54) is 6.42 Å². The summed E-state index contributed by atoms with van der Waals surface area (Å²) in [6.45, 7) is 3.25. The molecule has 3 heteroatoms. The summed E-state index contributed by atoms with van der Waals surface area (Å²) >= 11 is 0. The summed E-state index contributed by atoms with van der Waals surface area (Å²) in [5, 5.41) is 15.0. The lowest BCUT2D eigenvalue weighted by atomic mass is 10.1. The Morgan fingerprint density at radius 2 is 2.24 bits per heavy atom. The number of aromatic nitrogens is 1. The summed E-state index contributed by atoms with van der Waals surface area (Å²) < 4.78 is 0. The largest absolute Gasteiger partial charge is 0.508 e. The minimum absolute atomic E-state index is 0.285. The molecule has 2 unspecified atom stereocenters. The van der Waals surface area contributed by atoms with Gasteiger partial charge in [-0.25, -0.2) is 4.98 Å². The minimum atomic E-state index is 0.285. The lowest BCUT2D eigenvalue weighted by molar-refractivity contribution is 0.476. The fourth-order valence-corrected chi connectivity index (χ4v) is 2.21. The van der Waals surface area contributed by atoms with Crippen LogP contribution in [0.4, 0.5) is 5.82 Å². The fraction of sp³-hybridized carbons (Fsp3) is 0.357. The monoisotopic (exact) mass is 228 g/mol. The van der Waals surface area contributed by atoms with Gasteiger partial charge in [0.1, 0.15) is 11.6 Å². The van der Waals surface area contributed by atoms with Crippen LogP contribution >= 0.6 is 0 Å². The molecule has 1 heterocycles. The van der Waals surface area contributed by atoms with E-state index < -0.39 is 0 Å². The lowest BCUT2D eigenvalue weighted by Gasteiger charge is -2.08. The molecule has 2 aromatic rings. The van der Waals surface area contributed by atoms with Crippen LogP contribution in [0.2, 0.25) is 0 Å². The van der Waals surface area contributed by atoms with Crippen molar-refractivity contribution in [3.8, 4) is 5.75 Å². The zero-order valence-electron chi connectivity index (χ0n) is 9.85.